The summed E-state index contributed by atoms with van der Waals surface area (Å²) in [5.41, 5.74) is 0.966. The number of thiazole rings is 1. The van der Waals surface area contributed by atoms with Crippen molar-refractivity contribution in [1.29, 1.82) is 0 Å². The number of sulfone groups is 1. The van der Waals surface area contributed by atoms with E-state index in [4.69, 9.17) is 5.11 Å². The first kappa shape index (κ1) is 18.0. The normalized spacial score (nSPS) is 11.5. The average molecular weight is 396 g/mol. The van der Waals surface area contributed by atoms with Crippen LogP contribution < -0.4 is 5.32 Å². The SMILES string of the molecule is Cn1cc(-c2cc(F)cc(S(=O)(=O)c3cnc(CNC(=O)O)s3)c2)cn1. The lowest BCUT2D eigenvalue weighted by Crippen LogP contribution is -2.19. The highest BCUT2D eigenvalue weighted by molar-refractivity contribution is 7.93. The molecule has 3 rings (SSSR count). The Kier molecular flexibility index (Phi) is 4.74. The average Bonchev–Trinajstić information content (AvgIpc) is 3.21. The summed E-state index contributed by atoms with van der Waals surface area (Å²) in [5, 5.41) is 15.0. The van der Waals surface area contributed by atoms with Gasteiger partial charge in [-0.05, 0) is 23.8 Å². The summed E-state index contributed by atoms with van der Waals surface area (Å²) in [5.74, 6) is -0.692. The molecule has 0 unspecified atom stereocenters. The van der Waals surface area contributed by atoms with Crippen molar-refractivity contribution >= 4 is 27.3 Å². The molecular formula is C15H13FN4O4S2. The first-order chi connectivity index (χ1) is 12.3. The maximum Gasteiger partial charge on any atom is 0.405 e. The van der Waals surface area contributed by atoms with Gasteiger partial charge >= 0.3 is 6.09 Å². The molecule has 136 valence electrons. The van der Waals surface area contributed by atoms with Crippen molar-refractivity contribution in [2.24, 2.45) is 7.05 Å². The number of carboxylic acid groups (broad SMARTS) is 1. The van der Waals surface area contributed by atoms with Crippen molar-refractivity contribution in [1.82, 2.24) is 20.1 Å². The molecule has 3 aromatic rings. The Labute approximate surface area is 151 Å². The van der Waals surface area contributed by atoms with Crippen LogP contribution in [-0.4, -0.2) is 34.4 Å². The summed E-state index contributed by atoms with van der Waals surface area (Å²) in [6.07, 6.45) is 3.05. The maximum absolute atomic E-state index is 14.0. The van der Waals surface area contributed by atoms with Gasteiger partial charge in [0, 0.05) is 18.8 Å². The second-order valence-corrected chi connectivity index (χ2v) is 8.61. The molecule has 8 nitrogen and oxygen atoms in total. The van der Waals surface area contributed by atoms with Crippen molar-refractivity contribution in [3.8, 4) is 11.1 Å². The van der Waals surface area contributed by atoms with Gasteiger partial charge in [0.25, 0.3) is 0 Å². The Hall–Kier alpha value is -2.79. The number of rotatable bonds is 5. The lowest BCUT2D eigenvalue weighted by Gasteiger charge is -2.05. The summed E-state index contributed by atoms with van der Waals surface area (Å²) >= 11 is 0.824. The van der Waals surface area contributed by atoms with E-state index in [0.717, 1.165) is 23.6 Å². The van der Waals surface area contributed by atoms with Crippen molar-refractivity contribution in [2.45, 2.75) is 15.6 Å². The van der Waals surface area contributed by atoms with Crippen LogP contribution in [0.3, 0.4) is 0 Å². The van der Waals surface area contributed by atoms with Crippen molar-refractivity contribution in [3.05, 3.63) is 47.6 Å². The van der Waals surface area contributed by atoms with Crippen LogP contribution in [0.4, 0.5) is 9.18 Å². The van der Waals surface area contributed by atoms with Crippen molar-refractivity contribution in [2.75, 3.05) is 0 Å². The molecule has 0 saturated heterocycles. The highest BCUT2D eigenvalue weighted by atomic mass is 32.2. The number of aromatic nitrogens is 3. The van der Waals surface area contributed by atoms with Crippen LogP contribution in [0.25, 0.3) is 11.1 Å². The molecule has 0 fully saturated rings. The van der Waals surface area contributed by atoms with Crippen LogP contribution in [-0.2, 0) is 23.4 Å². The lowest BCUT2D eigenvalue weighted by molar-refractivity contribution is 0.194. The zero-order valence-corrected chi connectivity index (χ0v) is 15.0. The van der Waals surface area contributed by atoms with Gasteiger partial charge < -0.3 is 10.4 Å². The van der Waals surface area contributed by atoms with E-state index in [0.29, 0.717) is 11.1 Å². The number of aryl methyl sites for hydroxylation is 1. The zero-order chi connectivity index (χ0) is 18.9. The Morgan fingerprint density at radius 1 is 1.31 bits per heavy atom. The number of nitrogens with one attached hydrogen (secondary N) is 1. The minimum Gasteiger partial charge on any atom is -0.465 e. The highest BCUT2D eigenvalue weighted by Gasteiger charge is 2.23. The third-order valence-electron chi connectivity index (χ3n) is 3.41. The van der Waals surface area contributed by atoms with E-state index in [1.165, 1.54) is 23.0 Å². The predicted molar refractivity (Wildman–Crippen MR) is 91.0 cm³/mol. The minimum absolute atomic E-state index is 0.0950. The number of halogens is 1. The maximum atomic E-state index is 14.0. The molecule has 0 bridgehead atoms. The van der Waals surface area contributed by atoms with Gasteiger partial charge in [-0.15, -0.1) is 11.3 Å². The number of benzene rings is 1. The third-order valence-corrected chi connectivity index (χ3v) is 6.60. The molecule has 26 heavy (non-hydrogen) atoms. The van der Waals surface area contributed by atoms with E-state index in [-0.39, 0.29) is 20.7 Å². The third kappa shape index (κ3) is 3.73. The molecule has 1 aromatic carbocycles. The number of nitrogens with zero attached hydrogens (tertiary/aromatic N) is 3. The van der Waals surface area contributed by atoms with E-state index in [2.05, 4.69) is 15.4 Å². The van der Waals surface area contributed by atoms with Gasteiger partial charge in [0.2, 0.25) is 9.84 Å². The molecule has 0 radical (unpaired) electrons. The fourth-order valence-electron chi connectivity index (χ4n) is 2.22. The molecule has 0 aliphatic carbocycles. The van der Waals surface area contributed by atoms with Gasteiger partial charge in [-0.1, -0.05) is 0 Å². The Balaban J connectivity index is 1.97. The summed E-state index contributed by atoms with van der Waals surface area (Å²) in [4.78, 5) is 14.2. The molecule has 11 heteroatoms. The molecular weight excluding hydrogens is 383 g/mol. The number of hydrogen-bond acceptors (Lipinski definition) is 6. The molecule has 2 heterocycles. The summed E-state index contributed by atoms with van der Waals surface area (Å²) in [6.45, 7) is -0.112. The van der Waals surface area contributed by atoms with Gasteiger partial charge in [-0.3, -0.25) is 4.68 Å². The van der Waals surface area contributed by atoms with Crippen LogP contribution in [0.15, 0.2) is 45.9 Å². The predicted octanol–water partition coefficient (Wildman–Crippen LogP) is 2.28. The molecule has 2 N–H and O–H groups in total. The fraction of sp³-hybridized carbons (Fsp3) is 0.133. The first-order valence-corrected chi connectivity index (χ1v) is 9.52. The number of carbonyl (C=O) groups is 1. The van der Waals surface area contributed by atoms with Crippen LogP contribution >= 0.6 is 11.3 Å². The second kappa shape index (κ2) is 6.84. The molecule has 0 saturated carbocycles. The van der Waals surface area contributed by atoms with E-state index in [1.54, 1.807) is 13.2 Å². The van der Waals surface area contributed by atoms with Gasteiger partial charge in [0.05, 0.1) is 23.8 Å². The van der Waals surface area contributed by atoms with Crippen LogP contribution in [0.1, 0.15) is 5.01 Å². The van der Waals surface area contributed by atoms with Crippen LogP contribution in [0.2, 0.25) is 0 Å². The number of hydrogen-bond donors (Lipinski definition) is 2. The topological polar surface area (TPSA) is 114 Å². The van der Waals surface area contributed by atoms with Gasteiger partial charge in [-0.2, -0.15) is 5.10 Å². The van der Waals surface area contributed by atoms with E-state index in [9.17, 15) is 17.6 Å². The van der Waals surface area contributed by atoms with E-state index in [1.807, 2.05) is 0 Å². The van der Waals surface area contributed by atoms with Crippen molar-refractivity contribution < 1.29 is 22.7 Å². The number of amides is 1. The molecule has 0 atom stereocenters. The molecule has 1 amide bonds. The standard InChI is InChI=1S/C15H13FN4O4S2/c1-20-8-10(5-19-20)9-2-11(16)4-12(3-9)26(23,24)14-7-17-13(25-14)6-18-15(21)22/h2-5,7-8,18H,6H2,1H3,(H,21,22). The summed E-state index contributed by atoms with van der Waals surface area (Å²) in [7, 11) is -2.29. The Bertz CT molecular complexity index is 1080. The summed E-state index contributed by atoms with van der Waals surface area (Å²) < 4.78 is 41.0. The monoisotopic (exact) mass is 396 g/mol. The molecule has 0 aliphatic heterocycles. The molecule has 0 spiro atoms. The molecule has 2 aromatic heterocycles. The molecule has 0 aliphatic rings. The van der Waals surface area contributed by atoms with Gasteiger partial charge in [0.1, 0.15) is 15.0 Å². The van der Waals surface area contributed by atoms with E-state index >= 15 is 0 Å². The van der Waals surface area contributed by atoms with Gasteiger partial charge in [-0.25, -0.2) is 22.6 Å². The minimum atomic E-state index is -3.99. The highest BCUT2D eigenvalue weighted by Crippen LogP contribution is 2.30. The summed E-state index contributed by atoms with van der Waals surface area (Å²) in [6, 6.07) is 3.53. The quantitative estimate of drug-likeness (QED) is 0.684. The second-order valence-electron chi connectivity index (χ2n) is 5.31. The Morgan fingerprint density at radius 3 is 2.73 bits per heavy atom. The fourth-order valence-corrected chi connectivity index (χ4v) is 4.80. The van der Waals surface area contributed by atoms with Crippen LogP contribution in [0, 0.1) is 5.82 Å². The van der Waals surface area contributed by atoms with Gasteiger partial charge in [0.15, 0.2) is 0 Å². The Morgan fingerprint density at radius 2 is 2.08 bits per heavy atom. The lowest BCUT2D eigenvalue weighted by atomic mass is 10.1. The van der Waals surface area contributed by atoms with E-state index < -0.39 is 21.7 Å². The first-order valence-electron chi connectivity index (χ1n) is 7.22. The largest absolute Gasteiger partial charge is 0.465 e. The van der Waals surface area contributed by atoms with Crippen molar-refractivity contribution in [3.63, 3.8) is 0 Å². The smallest absolute Gasteiger partial charge is 0.405 e. The van der Waals surface area contributed by atoms with Crippen LogP contribution in [0.5, 0.6) is 0 Å². The zero-order valence-electron chi connectivity index (χ0n) is 13.4.